The first-order valence-electron chi connectivity index (χ1n) is 6.33. The highest BCUT2D eigenvalue weighted by molar-refractivity contribution is 4.92. The molecule has 0 amide bonds. The van der Waals surface area contributed by atoms with Crippen LogP contribution in [0.4, 0.5) is 0 Å². The molecule has 0 aromatic carbocycles. The topological polar surface area (TPSA) is 20.2 Å². The van der Waals surface area contributed by atoms with Gasteiger partial charge in [-0.2, -0.15) is 0 Å². The van der Waals surface area contributed by atoms with Crippen LogP contribution in [0.3, 0.4) is 0 Å². The van der Waals surface area contributed by atoms with Crippen LogP contribution in [-0.2, 0) is 0 Å². The summed E-state index contributed by atoms with van der Waals surface area (Å²) < 4.78 is 0. The van der Waals surface area contributed by atoms with Crippen LogP contribution in [0.25, 0.3) is 0 Å². The Kier molecular flexibility index (Phi) is 2.88. The molecule has 2 rings (SSSR count). The third-order valence-corrected chi connectivity index (χ3v) is 4.38. The van der Waals surface area contributed by atoms with E-state index in [1.54, 1.807) is 0 Å². The van der Waals surface area contributed by atoms with Gasteiger partial charge in [0, 0.05) is 0 Å². The Hall–Kier alpha value is -0.0400. The first kappa shape index (κ1) is 10.5. The number of rotatable bonds is 4. The third-order valence-electron chi connectivity index (χ3n) is 4.38. The summed E-state index contributed by atoms with van der Waals surface area (Å²) in [6.07, 6.45) is 8.92. The first-order valence-corrected chi connectivity index (χ1v) is 6.33. The van der Waals surface area contributed by atoms with Crippen LogP contribution in [-0.4, -0.2) is 10.7 Å². The quantitative estimate of drug-likeness (QED) is 0.731. The van der Waals surface area contributed by atoms with Gasteiger partial charge >= 0.3 is 0 Å². The average Bonchev–Trinajstić information content (AvgIpc) is 2.63. The van der Waals surface area contributed by atoms with Crippen LogP contribution in [0.1, 0.15) is 58.8 Å². The van der Waals surface area contributed by atoms with E-state index in [0.29, 0.717) is 0 Å². The Bertz CT molecular complexity index is 197. The standard InChI is InChI=1S/C13H24O/c1-3-6-13(2,14)9-12-8-10-4-5-11(12)7-10/h10-12,14H,3-9H2,1-2H3. The van der Waals surface area contributed by atoms with E-state index in [1.165, 1.54) is 25.7 Å². The minimum atomic E-state index is -0.385. The summed E-state index contributed by atoms with van der Waals surface area (Å²) in [6.45, 7) is 4.19. The molecule has 0 saturated heterocycles. The van der Waals surface area contributed by atoms with E-state index in [9.17, 15) is 5.11 Å². The summed E-state index contributed by atoms with van der Waals surface area (Å²) in [4.78, 5) is 0. The van der Waals surface area contributed by atoms with Crippen molar-refractivity contribution in [3.05, 3.63) is 0 Å². The van der Waals surface area contributed by atoms with E-state index in [0.717, 1.165) is 37.0 Å². The lowest BCUT2D eigenvalue weighted by atomic mass is 9.79. The molecule has 1 N–H and O–H groups in total. The van der Waals surface area contributed by atoms with Crippen molar-refractivity contribution >= 4 is 0 Å². The van der Waals surface area contributed by atoms with Crippen molar-refractivity contribution in [2.24, 2.45) is 17.8 Å². The Morgan fingerprint density at radius 1 is 1.29 bits per heavy atom. The molecule has 0 spiro atoms. The van der Waals surface area contributed by atoms with Gasteiger partial charge in [0.15, 0.2) is 0 Å². The normalized spacial score (nSPS) is 40.1. The second-order valence-electron chi connectivity index (χ2n) is 5.89. The molecule has 2 saturated carbocycles. The zero-order chi connectivity index (χ0) is 10.2. The summed E-state index contributed by atoms with van der Waals surface area (Å²) in [7, 11) is 0. The van der Waals surface area contributed by atoms with Gasteiger partial charge < -0.3 is 5.11 Å². The molecule has 1 nitrogen and oxygen atoms in total. The van der Waals surface area contributed by atoms with E-state index in [2.05, 4.69) is 6.92 Å². The Morgan fingerprint density at radius 2 is 2.07 bits per heavy atom. The molecular weight excluding hydrogens is 172 g/mol. The van der Waals surface area contributed by atoms with Crippen LogP contribution < -0.4 is 0 Å². The van der Waals surface area contributed by atoms with Crippen molar-refractivity contribution in [3.63, 3.8) is 0 Å². The summed E-state index contributed by atoms with van der Waals surface area (Å²) in [5, 5.41) is 10.2. The zero-order valence-corrected chi connectivity index (χ0v) is 9.63. The molecule has 0 heterocycles. The van der Waals surface area contributed by atoms with E-state index >= 15 is 0 Å². The lowest BCUT2D eigenvalue weighted by Crippen LogP contribution is -2.29. The molecule has 82 valence electrons. The molecule has 2 fully saturated rings. The van der Waals surface area contributed by atoms with Crippen molar-refractivity contribution < 1.29 is 5.11 Å². The van der Waals surface area contributed by atoms with Crippen molar-refractivity contribution in [3.8, 4) is 0 Å². The average molecular weight is 196 g/mol. The third kappa shape index (κ3) is 2.13. The van der Waals surface area contributed by atoms with Crippen LogP contribution in [0.5, 0.6) is 0 Å². The number of aliphatic hydroxyl groups is 1. The van der Waals surface area contributed by atoms with Gasteiger partial charge in [0.2, 0.25) is 0 Å². The largest absolute Gasteiger partial charge is 0.390 e. The van der Waals surface area contributed by atoms with Gasteiger partial charge in [-0.15, -0.1) is 0 Å². The first-order chi connectivity index (χ1) is 6.61. The lowest BCUT2D eigenvalue weighted by Gasteiger charge is -2.30. The molecule has 0 aromatic rings. The van der Waals surface area contributed by atoms with Crippen molar-refractivity contribution in [1.29, 1.82) is 0 Å². The van der Waals surface area contributed by atoms with Gasteiger partial charge in [0.05, 0.1) is 5.60 Å². The highest BCUT2D eigenvalue weighted by Crippen LogP contribution is 2.51. The predicted octanol–water partition coefficient (Wildman–Crippen LogP) is 3.36. The molecular formula is C13H24O. The van der Waals surface area contributed by atoms with E-state index in [4.69, 9.17) is 0 Å². The smallest absolute Gasteiger partial charge is 0.0622 e. The van der Waals surface area contributed by atoms with Gasteiger partial charge in [-0.3, -0.25) is 0 Å². The summed E-state index contributed by atoms with van der Waals surface area (Å²) in [5.74, 6) is 2.82. The van der Waals surface area contributed by atoms with E-state index in [-0.39, 0.29) is 5.60 Å². The van der Waals surface area contributed by atoms with Gasteiger partial charge in [0.1, 0.15) is 0 Å². The number of fused-ring (bicyclic) bond motifs is 2. The maximum atomic E-state index is 10.2. The molecule has 14 heavy (non-hydrogen) atoms. The van der Waals surface area contributed by atoms with Gasteiger partial charge in [0.25, 0.3) is 0 Å². The van der Waals surface area contributed by atoms with E-state index < -0.39 is 0 Å². The minimum absolute atomic E-state index is 0.385. The zero-order valence-electron chi connectivity index (χ0n) is 9.63. The van der Waals surface area contributed by atoms with Crippen molar-refractivity contribution in [2.75, 3.05) is 0 Å². The van der Waals surface area contributed by atoms with Gasteiger partial charge in [-0.25, -0.2) is 0 Å². The molecule has 2 aliphatic carbocycles. The Balaban J connectivity index is 1.86. The predicted molar refractivity (Wildman–Crippen MR) is 59.1 cm³/mol. The number of hydrogen-bond acceptors (Lipinski definition) is 1. The second kappa shape index (κ2) is 3.84. The van der Waals surface area contributed by atoms with Gasteiger partial charge in [-0.1, -0.05) is 19.8 Å². The molecule has 2 aliphatic rings. The van der Waals surface area contributed by atoms with Crippen LogP contribution in [0.2, 0.25) is 0 Å². The fourth-order valence-electron chi connectivity index (χ4n) is 3.83. The van der Waals surface area contributed by atoms with Crippen molar-refractivity contribution in [1.82, 2.24) is 0 Å². The minimum Gasteiger partial charge on any atom is -0.390 e. The lowest BCUT2D eigenvalue weighted by molar-refractivity contribution is 0.0159. The number of hydrogen-bond donors (Lipinski definition) is 1. The van der Waals surface area contributed by atoms with Crippen LogP contribution in [0.15, 0.2) is 0 Å². The maximum absolute atomic E-state index is 10.2. The summed E-state index contributed by atoms with van der Waals surface area (Å²) >= 11 is 0. The highest BCUT2D eigenvalue weighted by Gasteiger charge is 2.41. The molecule has 0 aliphatic heterocycles. The molecule has 2 bridgehead atoms. The van der Waals surface area contributed by atoms with Gasteiger partial charge in [-0.05, 0) is 56.8 Å². The molecule has 4 atom stereocenters. The Morgan fingerprint density at radius 3 is 2.57 bits per heavy atom. The fourth-order valence-corrected chi connectivity index (χ4v) is 3.83. The molecule has 0 radical (unpaired) electrons. The molecule has 1 heteroatoms. The van der Waals surface area contributed by atoms with Crippen LogP contribution >= 0.6 is 0 Å². The molecule has 4 unspecified atom stereocenters. The van der Waals surface area contributed by atoms with E-state index in [1.807, 2.05) is 6.92 Å². The van der Waals surface area contributed by atoms with Crippen LogP contribution in [0, 0.1) is 17.8 Å². The monoisotopic (exact) mass is 196 g/mol. The Labute approximate surface area is 87.9 Å². The summed E-state index contributed by atoms with van der Waals surface area (Å²) in [6, 6.07) is 0. The fraction of sp³-hybridized carbons (Fsp3) is 1.00. The maximum Gasteiger partial charge on any atom is 0.0622 e. The van der Waals surface area contributed by atoms with Crippen molar-refractivity contribution in [2.45, 2.75) is 64.4 Å². The summed E-state index contributed by atoms with van der Waals surface area (Å²) in [5.41, 5.74) is -0.385. The second-order valence-corrected chi connectivity index (χ2v) is 5.89. The molecule has 0 aromatic heterocycles. The highest BCUT2D eigenvalue weighted by atomic mass is 16.3. The SMILES string of the molecule is CCCC(C)(O)CC1CC2CCC1C2.